The van der Waals surface area contributed by atoms with E-state index in [1.165, 1.54) is 0 Å². The molecule has 0 bridgehead atoms. The van der Waals surface area contributed by atoms with Crippen LogP contribution in [0.15, 0.2) is 47.1 Å². The van der Waals surface area contributed by atoms with E-state index >= 15 is 0 Å². The quantitative estimate of drug-likeness (QED) is 0.733. The summed E-state index contributed by atoms with van der Waals surface area (Å²) in [6, 6.07) is 9.35. The highest BCUT2D eigenvalue weighted by Crippen LogP contribution is 2.24. The highest BCUT2D eigenvalue weighted by atomic mass is 35.5. The highest BCUT2D eigenvalue weighted by Gasteiger charge is 2.12. The molecule has 0 aliphatic heterocycles. The van der Waals surface area contributed by atoms with Crippen molar-refractivity contribution in [1.82, 2.24) is 14.8 Å². The molecule has 1 aromatic carbocycles. The summed E-state index contributed by atoms with van der Waals surface area (Å²) in [4.78, 5) is 4.51. The fourth-order valence-electron chi connectivity index (χ4n) is 1.87. The zero-order chi connectivity index (χ0) is 13.2. The number of aryl methyl sites for hydroxylation is 1. The smallest absolute Gasteiger partial charge is 0.226 e. The molecule has 2 aromatic heterocycles. The minimum Gasteiger partial charge on any atom is -0.441 e. The highest BCUT2D eigenvalue weighted by molar-refractivity contribution is 6.30. The molecule has 0 N–H and O–H groups in total. The summed E-state index contributed by atoms with van der Waals surface area (Å²) in [5.41, 5.74) is 1.75. The Morgan fingerprint density at radius 1 is 1.32 bits per heavy atom. The Kier molecular flexibility index (Phi) is 3.09. The van der Waals surface area contributed by atoms with Crippen LogP contribution in [0.2, 0.25) is 5.02 Å². The number of benzene rings is 1. The van der Waals surface area contributed by atoms with Gasteiger partial charge in [0.2, 0.25) is 5.89 Å². The van der Waals surface area contributed by atoms with E-state index in [0.29, 0.717) is 17.5 Å². The van der Waals surface area contributed by atoms with E-state index < -0.39 is 0 Å². The lowest BCUT2D eigenvalue weighted by Gasteiger charge is -1.97. The van der Waals surface area contributed by atoms with Gasteiger partial charge in [0.15, 0.2) is 0 Å². The number of oxazole rings is 1. The average molecular weight is 274 g/mol. The van der Waals surface area contributed by atoms with E-state index in [1.54, 1.807) is 6.20 Å². The average Bonchev–Trinajstić information content (AvgIpc) is 3.01. The van der Waals surface area contributed by atoms with E-state index in [0.717, 1.165) is 17.0 Å². The largest absolute Gasteiger partial charge is 0.441 e. The molecular weight excluding hydrogens is 262 g/mol. The van der Waals surface area contributed by atoms with Crippen LogP contribution in [0.4, 0.5) is 0 Å². The van der Waals surface area contributed by atoms with Gasteiger partial charge in [-0.25, -0.2) is 4.98 Å². The summed E-state index contributed by atoms with van der Waals surface area (Å²) >= 11 is 5.97. The van der Waals surface area contributed by atoms with E-state index in [2.05, 4.69) is 10.1 Å². The van der Waals surface area contributed by atoms with Gasteiger partial charge in [0.25, 0.3) is 0 Å². The van der Waals surface area contributed by atoms with Gasteiger partial charge in [-0.2, -0.15) is 5.10 Å². The molecule has 5 heteroatoms. The first-order valence-electron chi connectivity index (χ1n) is 5.92. The molecule has 0 atom stereocenters. The third kappa shape index (κ3) is 2.53. The summed E-state index contributed by atoms with van der Waals surface area (Å²) in [5, 5.41) is 4.83. The monoisotopic (exact) mass is 273 g/mol. The Hall–Kier alpha value is -2.07. The number of halogens is 1. The number of nitrogens with zero attached hydrogens (tertiary/aromatic N) is 3. The Balaban J connectivity index is 1.93. The first-order valence-corrected chi connectivity index (χ1v) is 6.30. The van der Waals surface area contributed by atoms with Crippen molar-refractivity contribution in [2.75, 3.05) is 0 Å². The van der Waals surface area contributed by atoms with Crippen LogP contribution in [0.3, 0.4) is 0 Å². The lowest BCUT2D eigenvalue weighted by atomic mass is 10.2. The third-order valence-corrected chi connectivity index (χ3v) is 3.07. The van der Waals surface area contributed by atoms with Crippen molar-refractivity contribution < 1.29 is 4.42 Å². The Morgan fingerprint density at radius 3 is 2.95 bits per heavy atom. The molecule has 0 spiro atoms. The van der Waals surface area contributed by atoms with Crippen LogP contribution in [0.1, 0.15) is 11.5 Å². The summed E-state index contributed by atoms with van der Waals surface area (Å²) in [6.45, 7) is 2.50. The summed E-state index contributed by atoms with van der Waals surface area (Å²) < 4.78 is 7.51. The van der Waals surface area contributed by atoms with Gasteiger partial charge < -0.3 is 4.42 Å². The predicted molar refractivity (Wildman–Crippen MR) is 73.0 cm³/mol. The number of aromatic nitrogens is 3. The number of hydrogen-bond donors (Lipinski definition) is 0. The molecule has 0 saturated heterocycles. The molecule has 0 amide bonds. The maximum absolute atomic E-state index is 5.97. The molecule has 2 heterocycles. The van der Waals surface area contributed by atoms with Crippen molar-refractivity contribution in [3.05, 3.63) is 59.2 Å². The van der Waals surface area contributed by atoms with Crippen LogP contribution in [0.25, 0.3) is 11.5 Å². The maximum atomic E-state index is 5.97. The Bertz CT molecular complexity index is 689. The van der Waals surface area contributed by atoms with Crippen LogP contribution in [-0.2, 0) is 6.54 Å². The lowest BCUT2D eigenvalue weighted by molar-refractivity contribution is 0.536. The first kappa shape index (κ1) is 12.0. The van der Waals surface area contributed by atoms with Gasteiger partial charge in [-0.05, 0) is 31.2 Å². The molecule has 0 fully saturated rings. The molecule has 0 saturated carbocycles. The molecule has 0 radical (unpaired) electrons. The second-order valence-corrected chi connectivity index (χ2v) is 4.67. The Morgan fingerprint density at radius 2 is 2.21 bits per heavy atom. The molecule has 0 aliphatic carbocycles. The van der Waals surface area contributed by atoms with Crippen LogP contribution in [-0.4, -0.2) is 14.8 Å². The summed E-state index contributed by atoms with van der Waals surface area (Å²) in [6.07, 6.45) is 3.64. The van der Waals surface area contributed by atoms with Crippen molar-refractivity contribution in [3.63, 3.8) is 0 Å². The Labute approximate surface area is 115 Å². The van der Waals surface area contributed by atoms with E-state index in [-0.39, 0.29) is 0 Å². The standard InChI is InChI=1S/C14H12ClN3O/c1-10-13(9-18-7-3-6-16-18)17-14(19-10)11-4-2-5-12(15)8-11/h2-8H,9H2,1H3. The van der Waals surface area contributed by atoms with Crippen molar-refractivity contribution >= 4 is 11.6 Å². The molecule has 19 heavy (non-hydrogen) atoms. The maximum Gasteiger partial charge on any atom is 0.226 e. The molecule has 4 nitrogen and oxygen atoms in total. The van der Waals surface area contributed by atoms with Gasteiger partial charge >= 0.3 is 0 Å². The molecule has 0 aliphatic rings. The van der Waals surface area contributed by atoms with Crippen LogP contribution >= 0.6 is 11.6 Å². The van der Waals surface area contributed by atoms with Crippen LogP contribution < -0.4 is 0 Å². The first-order chi connectivity index (χ1) is 9.22. The molecule has 0 unspecified atom stereocenters. The van der Waals surface area contributed by atoms with Crippen LogP contribution in [0.5, 0.6) is 0 Å². The van der Waals surface area contributed by atoms with Gasteiger partial charge in [-0.1, -0.05) is 17.7 Å². The number of rotatable bonds is 3. The summed E-state index contributed by atoms with van der Waals surface area (Å²) in [7, 11) is 0. The molecule has 96 valence electrons. The summed E-state index contributed by atoms with van der Waals surface area (Å²) in [5.74, 6) is 1.38. The minimum atomic E-state index is 0.585. The fourth-order valence-corrected chi connectivity index (χ4v) is 2.06. The van der Waals surface area contributed by atoms with Crippen molar-refractivity contribution in [1.29, 1.82) is 0 Å². The van der Waals surface area contributed by atoms with E-state index in [1.807, 2.05) is 48.1 Å². The van der Waals surface area contributed by atoms with E-state index in [4.69, 9.17) is 16.0 Å². The van der Waals surface area contributed by atoms with Gasteiger partial charge in [-0.15, -0.1) is 0 Å². The topological polar surface area (TPSA) is 43.9 Å². The second kappa shape index (κ2) is 4.90. The van der Waals surface area contributed by atoms with Gasteiger partial charge in [0.1, 0.15) is 11.5 Å². The SMILES string of the molecule is Cc1oc(-c2cccc(Cl)c2)nc1Cn1cccn1. The van der Waals surface area contributed by atoms with Crippen molar-refractivity contribution in [2.45, 2.75) is 13.5 Å². The predicted octanol–water partition coefficient (Wildman–Crippen LogP) is 3.55. The molecule has 3 rings (SSSR count). The van der Waals surface area contributed by atoms with Crippen molar-refractivity contribution in [2.24, 2.45) is 0 Å². The van der Waals surface area contributed by atoms with Gasteiger partial charge in [-0.3, -0.25) is 4.68 Å². The minimum absolute atomic E-state index is 0.585. The zero-order valence-corrected chi connectivity index (χ0v) is 11.1. The zero-order valence-electron chi connectivity index (χ0n) is 10.4. The normalized spacial score (nSPS) is 10.8. The van der Waals surface area contributed by atoms with Gasteiger partial charge in [0, 0.05) is 23.0 Å². The molecular formula is C14H12ClN3O. The lowest BCUT2D eigenvalue weighted by Crippen LogP contribution is -2.01. The van der Waals surface area contributed by atoms with Crippen LogP contribution in [0, 0.1) is 6.92 Å². The number of hydrogen-bond acceptors (Lipinski definition) is 3. The van der Waals surface area contributed by atoms with Gasteiger partial charge in [0.05, 0.1) is 6.54 Å². The molecule has 3 aromatic rings. The third-order valence-electron chi connectivity index (χ3n) is 2.84. The van der Waals surface area contributed by atoms with E-state index in [9.17, 15) is 0 Å². The fraction of sp³-hybridized carbons (Fsp3) is 0.143. The van der Waals surface area contributed by atoms with Crippen molar-refractivity contribution in [3.8, 4) is 11.5 Å². The second-order valence-electron chi connectivity index (χ2n) is 4.24.